The van der Waals surface area contributed by atoms with Crippen LogP contribution in [0, 0.1) is 0 Å². The van der Waals surface area contributed by atoms with Crippen molar-refractivity contribution in [1.29, 1.82) is 0 Å². The quantitative estimate of drug-likeness (QED) is 0.398. The van der Waals surface area contributed by atoms with Crippen LogP contribution in [0.3, 0.4) is 0 Å². The molecule has 0 amide bonds. The number of rotatable bonds is 0. The molecule has 0 spiro atoms. The van der Waals surface area contributed by atoms with E-state index in [0.717, 1.165) is 16.8 Å². The van der Waals surface area contributed by atoms with Crippen LogP contribution >= 0.6 is 0 Å². The molecule has 0 fully saturated rings. The summed E-state index contributed by atoms with van der Waals surface area (Å²) >= 11 is 0. The molecule has 0 unspecified atom stereocenters. The number of aromatic nitrogens is 5. The molecule has 0 radical (unpaired) electrons. The molecule has 20 heavy (non-hydrogen) atoms. The summed E-state index contributed by atoms with van der Waals surface area (Å²) in [6, 6.07) is 7.51. The van der Waals surface area contributed by atoms with E-state index in [2.05, 4.69) is 9.97 Å². The van der Waals surface area contributed by atoms with Gasteiger partial charge in [0.05, 0.1) is 29.4 Å². The summed E-state index contributed by atoms with van der Waals surface area (Å²) in [6.07, 6.45) is 5.32. The fraction of sp³-hybridized carbons (Fsp3) is 0.133. The standard InChI is InChI=1S/C15H12N5/c1-18-14-11-5-6-16-8-10(11)9-20(14)13-15(18)19-7-3-2-4-12(19)17-13/h2-8H,9H2,1H3/q+1/i1D3. The molecule has 0 N–H and O–H groups in total. The van der Waals surface area contributed by atoms with E-state index in [-0.39, 0.29) is 0 Å². The highest BCUT2D eigenvalue weighted by molar-refractivity contribution is 5.77. The molecule has 0 aliphatic carbocycles. The number of pyridine rings is 2. The Bertz CT molecular complexity index is 1090. The highest BCUT2D eigenvalue weighted by atomic mass is 15.3. The molecule has 5 rings (SSSR count). The first-order valence-corrected chi connectivity index (χ1v) is 6.41. The fourth-order valence-electron chi connectivity index (χ4n) is 3.04. The van der Waals surface area contributed by atoms with Crippen molar-refractivity contribution in [3.05, 3.63) is 48.4 Å². The SMILES string of the molecule is [2H]C([2H])([2H])[n+]1c2n(c3nc4ccccn4c31)Cc1cnccc1-2. The fourth-order valence-corrected chi connectivity index (χ4v) is 3.04. The van der Waals surface area contributed by atoms with Gasteiger partial charge in [0, 0.05) is 18.0 Å². The lowest BCUT2D eigenvalue weighted by atomic mass is 10.2. The van der Waals surface area contributed by atoms with Crippen LogP contribution in [0.4, 0.5) is 0 Å². The van der Waals surface area contributed by atoms with E-state index in [1.54, 1.807) is 12.4 Å². The molecule has 96 valence electrons. The molecule has 0 saturated carbocycles. The predicted molar refractivity (Wildman–Crippen MR) is 74.2 cm³/mol. The first kappa shape index (κ1) is 7.79. The van der Waals surface area contributed by atoms with E-state index in [0.29, 0.717) is 23.7 Å². The first-order chi connectivity index (χ1) is 11.1. The van der Waals surface area contributed by atoms with Crippen LogP contribution in [0.25, 0.3) is 28.3 Å². The normalized spacial score (nSPS) is 15.9. The average molecular weight is 265 g/mol. The number of imidazole rings is 2. The Kier molecular flexibility index (Phi) is 1.27. The summed E-state index contributed by atoms with van der Waals surface area (Å²) in [5, 5.41) is 0. The van der Waals surface area contributed by atoms with Crippen molar-refractivity contribution in [2.75, 3.05) is 0 Å². The van der Waals surface area contributed by atoms with Gasteiger partial charge in [0.2, 0.25) is 5.82 Å². The van der Waals surface area contributed by atoms with Crippen LogP contribution in [0.2, 0.25) is 0 Å². The average Bonchev–Trinajstić information content (AvgIpc) is 3.13. The van der Waals surface area contributed by atoms with Crippen molar-refractivity contribution in [2.45, 2.75) is 6.54 Å². The highest BCUT2D eigenvalue weighted by Crippen LogP contribution is 2.32. The number of hydrogen-bond donors (Lipinski definition) is 0. The largest absolute Gasteiger partial charge is 0.294 e. The minimum atomic E-state index is -2.30. The van der Waals surface area contributed by atoms with E-state index < -0.39 is 6.98 Å². The van der Waals surface area contributed by atoms with Gasteiger partial charge in [0.1, 0.15) is 0 Å². The molecule has 0 aromatic carbocycles. The van der Waals surface area contributed by atoms with Crippen LogP contribution in [0.15, 0.2) is 42.9 Å². The molecule has 5 nitrogen and oxygen atoms in total. The number of aryl methyl sites for hydroxylation is 1. The molecule has 5 heterocycles. The van der Waals surface area contributed by atoms with Gasteiger partial charge in [-0.25, -0.2) is 13.5 Å². The van der Waals surface area contributed by atoms with Crippen LogP contribution < -0.4 is 4.57 Å². The molecular formula is C15H12N5+. The minimum Gasteiger partial charge on any atom is -0.264 e. The van der Waals surface area contributed by atoms with Crippen LogP contribution in [-0.2, 0) is 13.5 Å². The number of hydrogen-bond acceptors (Lipinski definition) is 2. The van der Waals surface area contributed by atoms with E-state index in [1.807, 2.05) is 39.4 Å². The van der Waals surface area contributed by atoms with Crippen LogP contribution in [0.1, 0.15) is 9.68 Å². The van der Waals surface area contributed by atoms with E-state index in [4.69, 9.17) is 4.11 Å². The van der Waals surface area contributed by atoms with Gasteiger partial charge in [-0.1, -0.05) is 6.07 Å². The van der Waals surface area contributed by atoms with Gasteiger partial charge in [-0.05, 0) is 18.2 Å². The van der Waals surface area contributed by atoms with Gasteiger partial charge in [-0.15, -0.1) is 0 Å². The summed E-state index contributed by atoms with van der Waals surface area (Å²) in [6.45, 7) is -1.71. The topological polar surface area (TPSA) is 39.0 Å². The maximum Gasteiger partial charge on any atom is 0.294 e. The third-order valence-corrected chi connectivity index (χ3v) is 3.89. The van der Waals surface area contributed by atoms with E-state index >= 15 is 0 Å². The van der Waals surface area contributed by atoms with E-state index in [1.165, 1.54) is 4.57 Å². The second-order valence-corrected chi connectivity index (χ2v) is 4.97. The van der Waals surface area contributed by atoms with Gasteiger partial charge in [-0.2, -0.15) is 4.98 Å². The Morgan fingerprint density at radius 2 is 2.35 bits per heavy atom. The molecule has 5 heteroatoms. The van der Waals surface area contributed by atoms with Crippen molar-refractivity contribution in [3.8, 4) is 11.4 Å². The molecule has 4 aromatic rings. The minimum absolute atomic E-state index is 0.585. The van der Waals surface area contributed by atoms with Gasteiger partial charge >= 0.3 is 0 Å². The molecule has 1 aliphatic rings. The van der Waals surface area contributed by atoms with Gasteiger partial charge in [0.15, 0.2) is 5.65 Å². The third-order valence-electron chi connectivity index (χ3n) is 3.89. The van der Waals surface area contributed by atoms with Crippen molar-refractivity contribution < 1.29 is 8.68 Å². The van der Waals surface area contributed by atoms with Crippen molar-refractivity contribution >= 4 is 16.9 Å². The van der Waals surface area contributed by atoms with Gasteiger partial charge in [0.25, 0.3) is 11.3 Å². The summed E-state index contributed by atoms with van der Waals surface area (Å²) in [4.78, 5) is 8.78. The second kappa shape index (κ2) is 3.25. The Morgan fingerprint density at radius 3 is 3.30 bits per heavy atom. The van der Waals surface area contributed by atoms with E-state index in [9.17, 15) is 0 Å². The Hall–Kier alpha value is -2.69. The maximum absolute atomic E-state index is 8.02. The molecule has 0 saturated heterocycles. The highest BCUT2D eigenvalue weighted by Gasteiger charge is 2.33. The lowest BCUT2D eigenvalue weighted by Gasteiger charge is -1.96. The van der Waals surface area contributed by atoms with Crippen LogP contribution in [-0.4, -0.2) is 18.9 Å². The summed E-state index contributed by atoms with van der Waals surface area (Å²) in [5.41, 5.74) is 3.93. The van der Waals surface area contributed by atoms with Crippen molar-refractivity contribution in [2.24, 2.45) is 6.98 Å². The summed E-state index contributed by atoms with van der Waals surface area (Å²) in [5.74, 6) is 0.665. The maximum atomic E-state index is 8.02. The summed E-state index contributed by atoms with van der Waals surface area (Å²) in [7, 11) is 0. The zero-order valence-corrected chi connectivity index (χ0v) is 10.5. The lowest BCUT2D eigenvalue weighted by Crippen LogP contribution is -2.30. The predicted octanol–water partition coefficient (Wildman–Crippen LogP) is 1.54. The van der Waals surface area contributed by atoms with Gasteiger partial charge < -0.3 is 0 Å². The van der Waals surface area contributed by atoms with Gasteiger partial charge in [-0.3, -0.25) is 4.98 Å². The Morgan fingerprint density at radius 1 is 1.35 bits per heavy atom. The monoisotopic (exact) mass is 265 g/mol. The van der Waals surface area contributed by atoms with Crippen molar-refractivity contribution in [1.82, 2.24) is 18.9 Å². The third kappa shape index (κ3) is 1.02. The lowest BCUT2D eigenvalue weighted by molar-refractivity contribution is -0.636. The molecule has 1 aliphatic heterocycles. The second-order valence-electron chi connectivity index (χ2n) is 4.97. The Balaban J connectivity index is 2.01. The smallest absolute Gasteiger partial charge is 0.264 e. The molecular weight excluding hydrogens is 250 g/mol. The van der Waals surface area contributed by atoms with Crippen LogP contribution in [0.5, 0.6) is 0 Å². The molecule has 4 aromatic heterocycles. The number of nitrogens with zero attached hydrogens (tertiary/aromatic N) is 5. The molecule has 0 bridgehead atoms. The zero-order chi connectivity index (χ0) is 15.8. The Labute approximate surface area is 119 Å². The zero-order valence-electron chi connectivity index (χ0n) is 13.5. The number of fused-ring (bicyclic) bond motifs is 7. The van der Waals surface area contributed by atoms with Crippen molar-refractivity contribution in [3.63, 3.8) is 0 Å². The molecule has 0 atom stereocenters. The summed E-state index contributed by atoms with van der Waals surface area (Å²) < 4.78 is 29.3. The first-order valence-electron chi connectivity index (χ1n) is 7.91.